The van der Waals surface area contributed by atoms with Crippen LogP contribution >= 0.6 is 0 Å². The molecule has 1 aromatic carbocycles. The van der Waals surface area contributed by atoms with Crippen molar-refractivity contribution in [3.05, 3.63) is 41.7 Å². The number of nitrogens with zero attached hydrogens (tertiary/aromatic N) is 5. The molecule has 0 saturated heterocycles. The first-order valence-corrected chi connectivity index (χ1v) is 6.98. The van der Waals surface area contributed by atoms with Crippen LogP contribution in [0.25, 0.3) is 11.0 Å². The smallest absolute Gasteiger partial charge is 0.146 e. The molecule has 0 unspecified atom stereocenters. The van der Waals surface area contributed by atoms with E-state index in [1.54, 1.807) is 6.33 Å². The van der Waals surface area contributed by atoms with Gasteiger partial charge in [0.25, 0.3) is 0 Å². The van der Waals surface area contributed by atoms with Gasteiger partial charge >= 0.3 is 0 Å². The Morgan fingerprint density at radius 3 is 2.70 bits per heavy atom. The van der Waals surface area contributed by atoms with Gasteiger partial charge in [-0.2, -0.15) is 5.10 Å². The Hall–Kier alpha value is -2.17. The standard InChI is InChI=1S/C15H19N5/c1-4-5-20-15(16-9-18-20)8-19-10-17-13-6-11(2)12(3)7-14(13)19/h6-7,9-10H,4-5,8H2,1-3H3. The van der Waals surface area contributed by atoms with E-state index in [4.69, 9.17) is 0 Å². The largest absolute Gasteiger partial charge is 0.323 e. The van der Waals surface area contributed by atoms with Crippen molar-refractivity contribution >= 4 is 11.0 Å². The van der Waals surface area contributed by atoms with Crippen LogP contribution in [0.2, 0.25) is 0 Å². The summed E-state index contributed by atoms with van der Waals surface area (Å²) in [6, 6.07) is 4.33. The zero-order valence-electron chi connectivity index (χ0n) is 12.2. The Bertz CT molecular complexity index is 738. The maximum absolute atomic E-state index is 4.48. The monoisotopic (exact) mass is 269 g/mol. The molecule has 5 nitrogen and oxygen atoms in total. The van der Waals surface area contributed by atoms with Crippen molar-refractivity contribution in [1.29, 1.82) is 0 Å². The van der Waals surface area contributed by atoms with Crippen molar-refractivity contribution in [2.45, 2.75) is 40.3 Å². The third-order valence-electron chi connectivity index (χ3n) is 3.68. The minimum atomic E-state index is 0.707. The Morgan fingerprint density at radius 2 is 1.90 bits per heavy atom. The zero-order valence-corrected chi connectivity index (χ0v) is 12.2. The first-order chi connectivity index (χ1) is 9.69. The normalized spacial score (nSPS) is 11.3. The van der Waals surface area contributed by atoms with E-state index in [0.29, 0.717) is 6.54 Å². The van der Waals surface area contributed by atoms with E-state index < -0.39 is 0 Å². The highest BCUT2D eigenvalue weighted by Gasteiger charge is 2.09. The Labute approximate surface area is 118 Å². The van der Waals surface area contributed by atoms with Gasteiger partial charge in [-0.15, -0.1) is 0 Å². The van der Waals surface area contributed by atoms with Crippen molar-refractivity contribution in [3.8, 4) is 0 Å². The summed E-state index contributed by atoms with van der Waals surface area (Å²) in [4.78, 5) is 8.84. The molecule has 0 amide bonds. The van der Waals surface area contributed by atoms with E-state index in [1.807, 2.05) is 11.0 Å². The Kier molecular flexibility index (Phi) is 3.26. The molecule has 104 valence electrons. The maximum atomic E-state index is 4.48. The Morgan fingerprint density at radius 1 is 1.10 bits per heavy atom. The van der Waals surface area contributed by atoms with Gasteiger partial charge in [-0.1, -0.05) is 6.92 Å². The highest BCUT2D eigenvalue weighted by Crippen LogP contribution is 2.19. The number of hydrogen-bond donors (Lipinski definition) is 0. The molecular weight excluding hydrogens is 250 g/mol. The van der Waals surface area contributed by atoms with Crippen LogP contribution in [0, 0.1) is 13.8 Å². The van der Waals surface area contributed by atoms with Gasteiger partial charge in [-0.05, 0) is 43.5 Å². The first-order valence-electron chi connectivity index (χ1n) is 6.98. The molecule has 20 heavy (non-hydrogen) atoms. The molecule has 5 heteroatoms. The van der Waals surface area contributed by atoms with Gasteiger partial charge in [0, 0.05) is 6.54 Å². The molecule has 3 rings (SSSR count). The number of rotatable bonds is 4. The second-order valence-corrected chi connectivity index (χ2v) is 5.20. The van der Waals surface area contributed by atoms with E-state index in [-0.39, 0.29) is 0 Å². The van der Waals surface area contributed by atoms with Crippen LogP contribution in [0.15, 0.2) is 24.8 Å². The maximum Gasteiger partial charge on any atom is 0.146 e. The number of benzene rings is 1. The van der Waals surface area contributed by atoms with Gasteiger partial charge < -0.3 is 4.57 Å². The SMILES string of the molecule is CCCn1ncnc1Cn1cnc2cc(C)c(C)cc21. The number of fused-ring (bicyclic) bond motifs is 1. The zero-order chi connectivity index (χ0) is 14.1. The van der Waals surface area contributed by atoms with Crippen LogP contribution in [-0.4, -0.2) is 24.3 Å². The van der Waals surface area contributed by atoms with Gasteiger partial charge in [-0.3, -0.25) is 0 Å². The summed E-state index contributed by atoms with van der Waals surface area (Å²) in [7, 11) is 0. The molecule has 0 aliphatic rings. The van der Waals surface area contributed by atoms with Crippen LogP contribution in [0.5, 0.6) is 0 Å². The van der Waals surface area contributed by atoms with Gasteiger partial charge in [0.2, 0.25) is 0 Å². The van der Waals surface area contributed by atoms with Crippen molar-refractivity contribution < 1.29 is 0 Å². The fourth-order valence-electron chi connectivity index (χ4n) is 2.40. The van der Waals surface area contributed by atoms with E-state index in [9.17, 15) is 0 Å². The third kappa shape index (κ3) is 2.19. The molecule has 0 N–H and O–H groups in total. The van der Waals surface area contributed by atoms with Crippen LogP contribution in [0.3, 0.4) is 0 Å². The quantitative estimate of drug-likeness (QED) is 0.731. The average Bonchev–Trinajstić information content (AvgIpc) is 3.00. The summed E-state index contributed by atoms with van der Waals surface area (Å²) >= 11 is 0. The van der Waals surface area contributed by atoms with Crippen molar-refractivity contribution in [2.75, 3.05) is 0 Å². The highest BCUT2D eigenvalue weighted by molar-refractivity contribution is 5.77. The lowest BCUT2D eigenvalue weighted by atomic mass is 10.1. The van der Waals surface area contributed by atoms with Crippen molar-refractivity contribution in [1.82, 2.24) is 24.3 Å². The number of imidazole rings is 1. The van der Waals surface area contributed by atoms with E-state index in [2.05, 4.69) is 52.5 Å². The molecule has 0 fully saturated rings. The molecule has 0 atom stereocenters. The van der Waals surface area contributed by atoms with Crippen LogP contribution in [-0.2, 0) is 13.1 Å². The van der Waals surface area contributed by atoms with E-state index in [0.717, 1.165) is 29.8 Å². The lowest BCUT2D eigenvalue weighted by Crippen LogP contribution is -2.09. The molecular formula is C15H19N5. The lowest BCUT2D eigenvalue weighted by molar-refractivity contribution is 0.557. The van der Waals surface area contributed by atoms with Crippen LogP contribution in [0.1, 0.15) is 30.3 Å². The minimum Gasteiger partial charge on any atom is -0.323 e. The third-order valence-corrected chi connectivity index (χ3v) is 3.68. The molecule has 0 aliphatic heterocycles. The molecule has 0 saturated carbocycles. The van der Waals surface area contributed by atoms with E-state index in [1.165, 1.54) is 11.1 Å². The summed E-state index contributed by atoms with van der Waals surface area (Å²) in [5, 5.41) is 4.27. The molecule has 2 aromatic heterocycles. The minimum absolute atomic E-state index is 0.707. The summed E-state index contributed by atoms with van der Waals surface area (Å²) in [6.07, 6.45) is 4.56. The molecule has 0 aliphatic carbocycles. The van der Waals surface area contributed by atoms with E-state index >= 15 is 0 Å². The summed E-state index contributed by atoms with van der Waals surface area (Å²) in [6.45, 7) is 8.00. The average molecular weight is 269 g/mol. The number of hydrogen-bond acceptors (Lipinski definition) is 3. The molecule has 2 heterocycles. The summed E-state index contributed by atoms with van der Waals surface area (Å²) in [5.74, 6) is 0.976. The molecule has 0 spiro atoms. The second kappa shape index (κ2) is 5.07. The first kappa shape index (κ1) is 12.8. The number of aryl methyl sites for hydroxylation is 3. The fraction of sp³-hybridized carbons (Fsp3) is 0.400. The van der Waals surface area contributed by atoms with Crippen LogP contribution in [0.4, 0.5) is 0 Å². The van der Waals surface area contributed by atoms with Crippen molar-refractivity contribution in [2.24, 2.45) is 0 Å². The van der Waals surface area contributed by atoms with Gasteiger partial charge in [0.05, 0.1) is 23.9 Å². The molecule has 0 bridgehead atoms. The topological polar surface area (TPSA) is 48.5 Å². The van der Waals surface area contributed by atoms with Crippen LogP contribution < -0.4 is 0 Å². The summed E-state index contributed by atoms with van der Waals surface area (Å²) in [5.41, 5.74) is 4.75. The molecule has 3 aromatic rings. The fourth-order valence-corrected chi connectivity index (χ4v) is 2.40. The van der Waals surface area contributed by atoms with Crippen molar-refractivity contribution in [3.63, 3.8) is 0 Å². The Balaban J connectivity index is 1.98. The second-order valence-electron chi connectivity index (χ2n) is 5.20. The predicted molar refractivity (Wildman–Crippen MR) is 78.6 cm³/mol. The van der Waals surface area contributed by atoms with Gasteiger partial charge in [0.15, 0.2) is 0 Å². The molecule has 0 radical (unpaired) electrons. The number of aromatic nitrogens is 5. The van der Waals surface area contributed by atoms with Gasteiger partial charge in [-0.25, -0.2) is 14.6 Å². The highest BCUT2D eigenvalue weighted by atomic mass is 15.3. The van der Waals surface area contributed by atoms with Gasteiger partial charge in [0.1, 0.15) is 12.2 Å². The predicted octanol–water partition coefficient (Wildman–Crippen LogP) is 2.70. The summed E-state index contributed by atoms with van der Waals surface area (Å²) < 4.78 is 4.10. The lowest BCUT2D eigenvalue weighted by Gasteiger charge is -2.07.